The number of nitrogens with zero attached hydrogens (tertiary/aromatic N) is 3. The van der Waals surface area contributed by atoms with E-state index in [4.69, 9.17) is 10.00 Å². The van der Waals surface area contributed by atoms with Gasteiger partial charge in [0, 0.05) is 16.8 Å². The minimum Gasteiger partial charge on any atom is -0.454 e. The molecule has 124 valence electrons. The predicted octanol–water partition coefficient (Wildman–Crippen LogP) is 1.32. The van der Waals surface area contributed by atoms with E-state index in [9.17, 15) is 14.4 Å². The van der Waals surface area contributed by atoms with Crippen molar-refractivity contribution in [2.75, 3.05) is 18.1 Å². The second-order valence-electron chi connectivity index (χ2n) is 4.86. The normalized spacial score (nSPS) is 10.0. The second-order valence-corrected chi connectivity index (χ2v) is 5.68. The summed E-state index contributed by atoms with van der Waals surface area (Å²) in [6.45, 7) is 0.822. The summed E-state index contributed by atoms with van der Waals surface area (Å²) < 4.78 is 6.22. The largest absolute Gasteiger partial charge is 0.454 e. The van der Waals surface area contributed by atoms with Gasteiger partial charge >= 0.3 is 10.8 Å². The van der Waals surface area contributed by atoms with Crippen molar-refractivity contribution in [3.05, 3.63) is 51.1 Å². The van der Waals surface area contributed by atoms with E-state index in [1.54, 1.807) is 42.6 Å². The monoisotopic (exact) mass is 345 g/mol. The molecule has 0 spiro atoms. The molecule has 8 heteroatoms. The van der Waals surface area contributed by atoms with Gasteiger partial charge in [-0.2, -0.15) is 5.26 Å². The summed E-state index contributed by atoms with van der Waals surface area (Å²) in [7, 11) is 0. The Morgan fingerprint density at radius 2 is 2.04 bits per heavy atom. The Hall–Kier alpha value is -2.92. The molecule has 0 saturated heterocycles. The van der Waals surface area contributed by atoms with E-state index in [0.717, 1.165) is 11.3 Å². The number of thiazole rings is 1. The van der Waals surface area contributed by atoms with Gasteiger partial charge in [0.1, 0.15) is 13.1 Å². The fourth-order valence-electron chi connectivity index (χ4n) is 1.99. The van der Waals surface area contributed by atoms with Crippen LogP contribution in [0.15, 0.2) is 40.5 Å². The SMILES string of the molecule is Cc1csc(=O)n1CC(=O)OCC(=O)N(CC#N)c1ccccc1. The van der Waals surface area contributed by atoms with Crippen LogP contribution in [0.3, 0.4) is 0 Å². The topological polar surface area (TPSA) is 92.4 Å². The van der Waals surface area contributed by atoms with Crippen LogP contribution in [-0.4, -0.2) is 29.6 Å². The molecule has 0 radical (unpaired) electrons. The highest BCUT2D eigenvalue weighted by Gasteiger charge is 2.18. The molecule has 0 unspecified atom stereocenters. The lowest BCUT2D eigenvalue weighted by Gasteiger charge is -2.19. The van der Waals surface area contributed by atoms with Crippen molar-refractivity contribution < 1.29 is 14.3 Å². The van der Waals surface area contributed by atoms with Crippen molar-refractivity contribution >= 4 is 28.9 Å². The molecular weight excluding hydrogens is 330 g/mol. The van der Waals surface area contributed by atoms with E-state index in [1.807, 2.05) is 6.07 Å². The Labute approximate surface area is 142 Å². The summed E-state index contributed by atoms with van der Waals surface area (Å²) in [6.07, 6.45) is 0. The fourth-order valence-corrected chi connectivity index (χ4v) is 2.73. The summed E-state index contributed by atoms with van der Waals surface area (Å²) in [5.74, 6) is -1.19. The molecule has 1 heterocycles. The number of aryl methyl sites for hydroxylation is 1. The minimum atomic E-state index is -0.683. The van der Waals surface area contributed by atoms with Gasteiger partial charge in [0.25, 0.3) is 5.91 Å². The highest BCUT2D eigenvalue weighted by molar-refractivity contribution is 7.07. The van der Waals surface area contributed by atoms with E-state index in [-0.39, 0.29) is 18.0 Å². The zero-order valence-electron chi connectivity index (χ0n) is 13.0. The molecule has 24 heavy (non-hydrogen) atoms. The summed E-state index contributed by atoms with van der Waals surface area (Å²) >= 11 is 0.995. The van der Waals surface area contributed by atoms with Crippen LogP contribution in [0.5, 0.6) is 0 Å². The third-order valence-electron chi connectivity index (χ3n) is 3.22. The van der Waals surface area contributed by atoms with E-state index in [2.05, 4.69) is 0 Å². The summed E-state index contributed by atoms with van der Waals surface area (Å²) in [5.41, 5.74) is 1.20. The van der Waals surface area contributed by atoms with Crippen LogP contribution in [0.25, 0.3) is 0 Å². The number of hydrogen-bond acceptors (Lipinski definition) is 6. The van der Waals surface area contributed by atoms with Crippen molar-refractivity contribution in [3.63, 3.8) is 0 Å². The maximum Gasteiger partial charge on any atom is 0.326 e. The van der Waals surface area contributed by atoms with Crippen molar-refractivity contribution in [1.82, 2.24) is 4.57 Å². The molecule has 0 N–H and O–H groups in total. The number of para-hydroxylation sites is 1. The Kier molecular flexibility index (Phi) is 5.87. The van der Waals surface area contributed by atoms with Gasteiger partial charge in [0.05, 0.1) is 6.07 Å². The van der Waals surface area contributed by atoms with Crippen molar-refractivity contribution in [2.24, 2.45) is 0 Å². The number of anilines is 1. The molecule has 0 bridgehead atoms. The molecule has 2 rings (SSSR count). The van der Waals surface area contributed by atoms with Gasteiger partial charge < -0.3 is 4.74 Å². The van der Waals surface area contributed by atoms with Crippen LogP contribution < -0.4 is 9.77 Å². The Morgan fingerprint density at radius 3 is 2.62 bits per heavy atom. The molecule has 1 aromatic carbocycles. The van der Waals surface area contributed by atoms with Gasteiger partial charge in [-0.1, -0.05) is 29.5 Å². The van der Waals surface area contributed by atoms with E-state index >= 15 is 0 Å². The van der Waals surface area contributed by atoms with Gasteiger partial charge in [-0.3, -0.25) is 23.9 Å². The van der Waals surface area contributed by atoms with Crippen LogP contribution in [0, 0.1) is 18.3 Å². The molecule has 7 nitrogen and oxygen atoms in total. The molecule has 0 atom stereocenters. The molecule has 0 aliphatic carbocycles. The van der Waals surface area contributed by atoms with Crippen LogP contribution >= 0.6 is 11.3 Å². The van der Waals surface area contributed by atoms with Crippen molar-refractivity contribution in [1.29, 1.82) is 5.26 Å². The van der Waals surface area contributed by atoms with Gasteiger partial charge in [0.15, 0.2) is 6.61 Å². The van der Waals surface area contributed by atoms with E-state index in [1.165, 1.54) is 9.47 Å². The highest BCUT2D eigenvalue weighted by Crippen LogP contribution is 2.13. The minimum absolute atomic E-state index is 0.149. The standard InChI is InChI=1S/C16H15N3O4S/c1-12-11-24-16(22)19(12)9-15(21)23-10-14(20)18(8-7-17)13-5-3-2-4-6-13/h2-6,11H,8-10H2,1H3. The summed E-state index contributed by atoms with van der Waals surface area (Å²) in [5, 5.41) is 10.5. The second kappa shape index (κ2) is 8.08. The third kappa shape index (κ3) is 4.30. The number of esters is 1. The summed E-state index contributed by atoms with van der Waals surface area (Å²) in [4.78, 5) is 36.6. The molecule has 1 aromatic heterocycles. The van der Waals surface area contributed by atoms with Crippen molar-refractivity contribution in [2.45, 2.75) is 13.5 Å². The number of hydrogen-bond donors (Lipinski definition) is 0. The van der Waals surface area contributed by atoms with Crippen molar-refractivity contribution in [3.8, 4) is 6.07 Å². The average molecular weight is 345 g/mol. The lowest BCUT2D eigenvalue weighted by Crippen LogP contribution is -2.35. The maximum absolute atomic E-state index is 12.2. The van der Waals surface area contributed by atoms with Crippen LogP contribution in [0.1, 0.15) is 5.69 Å². The van der Waals surface area contributed by atoms with Crippen LogP contribution in [0.4, 0.5) is 5.69 Å². The van der Waals surface area contributed by atoms with E-state index in [0.29, 0.717) is 11.4 Å². The number of ether oxygens (including phenoxy) is 1. The molecule has 0 fully saturated rings. The number of carbonyl (C=O) groups is 2. The first kappa shape index (κ1) is 17.4. The molecular formula is C16H15N3O4S. The quantitative estimate of drug-likeness (QED) is 0.581. The number of nitriles is 1. The number of rotatable bonds is 6. The van der Waals surface area contributed by atoms with Crippen LogP contribution in [0.2, 0.25) is 0 Å². The molecule has 0 aliphatic heterocycles. The molecule has 0 saturated carbocycles. The lowest BCUT2D eigenvalue weighted by atomic mass is 10.3. The first-order valence-electron chi connectivity index (χ1n) is 7.06. The summed E-state index contributed by atoms with van der Waals surface area (Å²) in [6, 6.07) is 10.6. The zero-order valence-corrected chi connectivity index (χ0v) is 13.8. The number of amides is 1. The first-order chi connectivity index (χ1) is 11.5. The number of aromatic nitrogens is 1. The maximum atomic E-state index is 12.2. The van der Waals surface area contributed by atoms with E-state index < -0.39 is 18.5 Å². The Morgan fingerprint density at radius 1 is 1.33 bits per heavy atom. The number of benzene rings is 1. The smallest absolute Gasteiger partial charge is 0.326 e. The van der Waals surface area contributed by atoms with Gasteiger partial charge in [0.2, 0.25) is 0 Å². The van der Waals surface area contributed by atoms with Crippen LogP contribution in [-0.2, 0) is 20.9 Å². The Bertz CT molecular complexity index is 820. The van der Waals surface area contributed by atoms with Gasteiger partial charge in [-0.25, -0.2) is 0 Å². The Balaban J connectivity index is 1.97. The molecule has 1 amide bonds. The third-order valence-corrected chi connectivity index (χ3v) is 4.10. The van der Waals surface area contributed by atoms with Gasteiger partial charge in [-0.05, 0) is 19.1 Å². The highest BCUT2D eigenvalue weighted by atomic mass is 32.1. The fraction of sp³-hybridized carbons (Fsp3) is 0.250. The molecule has 2 aromatic rings. The zero-order chi connectivity index (χ0) is 17.5. The number of carbonyl (C=O) groups excluding carboxylic acids is 2. The average Bonchev–Trinajstić information content (AvgIpc) is 2.90. The first-order valence-corrected chi connectivity index (χ1v) is 7.94. The lowest BCUT2D eigenvalue weighted by molar-refractivity contribution is -0.148. The predicted molar refractivity (Wildman–Crippen MR) is 88.7 cm³/mol. The van der Waals surface area contributed by atoms with Gasteiger partial charge in [-0.15, -0.1) is 0 Å². The molecule has 0 aliphatic rings.